The van der Waals surface area contributed by atoms with E-state index < -0.39 is 5.41 Å². The summed E-state index contributed by atoms with van der Waals surface area (Å²) in [6.07, 6.45) is 0. The first-order valence-corrected chi connectivity index (χ1v) is 16.8. The van der Waals surface area contributed by atoms with E-state index in [1.807, 2.05) is 0 Å². The van der Waals surface area contributed by atoms with Gasteiger partial charge in [0.1, 0.15) is 0 Å². The second kappa shape index (κ2) is 11.1. The highest BCUT2D eigenvalue weighted by Gasteiger charge is 2.45. The molecule has 47 heavy (non-hydrogen) atoms. The van der Waals surface area contributed by atoms with Gasteiger partial charge in [0.15, 0.2) is 0 Å². The van der Waals surface area contributed by atoms with Gasteiger partial charge >= 0.3 is 0 Å². The molecule has 0 spiro atoms. The summed E-state index contributed by atoms with van der Waals surface area (Å²) >= 11 is 3.63. The largest absolute Gasteiger partial charge is 0.311 e. The standard InChI is InChI=1S/C45H30BrN/c46-37-25-21-31(22-26-37)34-29-33-20-19-32-11-10-18-41-43(32)44(33)42(30-34)45(41,35-12-4-1-5-13-35)36-23-27-40(28-24-36)47(38-14-6-2-7-15-38)39-16-8-3-9-17-39/h1-30H. The maximum Gasteiger partial charge on any atom is 0.0714 e. The van der Waals surface area contributed by atoms with Crippen molar-refractivity contribution in [2.24, 2.45) is 0 Å². The molecule has 0 aromatic heterocycles. The quantitative estimate of drug-likeness (QED) is 0.160. The van der Waals surface area contributed by atoms with Crippen LogP contribution in [0, 0.1) is 0 Å². The van der Waals surface area contributed by atoms with Crippen molar-refractivity contribution in [2.45, 2.75) is 5.41 Å². The zero-order valence-electron chi connectivity index (χ0n) is 25.6. The van der Waals surface area contributed by atoms with Crippen LogP contribution in [0.15, 0.2) is 186 Å². The van der Waals surface area contributed by atoms with Crippen molar-refractivity contribution >= 4 is 54.5 Å². The van der Waals surface area contributed by atoms with Gasteiger partial charge in [0, 0.05) is 21.5 Å². The van der Waals surface area contributed by atoms with E-state index >= 15 is 0 Å². The van der Waals surface area contributed by atoms with Crippen molar-refractivity contribution in [3.8, 4) is 11.1 Å². The fraction of sp³-hybridized carbons (Fsp3) is 0.0222. The number of nitrogens with zero attached hydrogens (tertiary/aromatic N) is 1. The highest BCUT2D eigenvalue weighted by Crippen LogP contribution is 2.57. The van der Waals surface area contributed by atoms with Crippen LogP contribution in [0.25, 0.3) is 32.7 Å². The molecule has 0 saturated heterocycles. The van der Waals surface area contributed by atoms with Gasteiger partial charge in [-0.2, -0.15) is 0 Å². The molecule has 0 bridgehead atoms. The summed E-state index contributed by atoms with van der Waals surface area (Å²) < 4.78 is 1.08. The van der Waals surface area contributed by atoms with Gasteiger partial charge in [-0.1, -0.05) is 137 Å². The van der Waals surface area contributed by atoms with Crippen molar-refractivity contribution in [3.05, 3.63) is 209 Å². The van der Waals surface area contributed by atoms with Crippen molar-refractivity contribution in [3.63, 3.8) is 0 Å². The van der Waals surface area contributed by atoms with Crippen LogP contribution in [-0.2, 0) is 5.41 Å². The third kappa shape index (κ3) is 4.36. The lowest BCUT2D eigenvalue weighted by Gasteiger charge is -2.35. The first kappa shape index (κ1) is 27.8. The molecule has 1 aliphatic carbocycles. The molecule has 222 valence electrons. The maximum atomic E-state index is 3.63. The molecule has 2 heteroatoms. The Bertz CT molecular complexity index is 2340. The minimum absolute atomic E-state index is 0.489. The Kier molecular flexibility index (Phi) is 6.58. The van der Waals surface area contributed by atoms with Gasteiger partial charge < -0.3 is 4.90 Å². The van der Waals surface area contributed by atoms with Gasteiger partial charge in [-0.15, -0.1) is 0 Å². The lowest BCUT2D eigenvalue weighted by Crippen LogP contribution is -2.29. The van der Waals surface area contributed by atoms with Crippen LogP contribution < -0.4 is 4.90 Å². The molecule has 0 heterocycles. The Morgan fingerprint density at radius 2 is 0.936 bits per heavy atom. The minimum Gasteiger partial charge on any atom is -0.311 e. The number of hydrogen-bond donors (Lipinski definition) is 0. The Morgan fingerprint density at radius 3 is 1.60 bits per heavy atom. The molecule has 1 atom stereocenters. The monoisotopic (exact) mass is 663 g/mol. The predicted octanol–water partition coefficient (Wildman–Crippen LogP) is 12.6. The Labute approximate surface area is 283 Å². The first-order chi connectivity index (χ1) is 23.2. The van der Waals surface area contributed by atoms with Gasteiger partial charge in [-0.05, 0) is 116 Å². The predicted molar refractivity (Wildman–Crippen MR) is 201 cm³/mol. The minimum atomic E-state index is -0.489. The third-order valence-electron chi connectivity index (χ3n) is 9.74. The second-order valence-electron chi connectivity index (χ2n) is 12.3. The topological polar surface area (TPSA) is 3.24 Å². The Balaban J connectivity index is 1.32. The number of rotatable bonds is 6. The van der Waals surface area contributed by atoms with Crippen LogP contribution in [0.5, 0.6) is 0 Å². The highest BCUT2D eigenvalue weighted by molar-refractivity contribution is 9.10. The first-order valence-electron chi connectivity index (χ1n) is 16.0. The number of hydrogen-bond acceptors (Lipinski definition) is 1. The van der Waals surface area contributed by atoms with Gasteiger partial charge in [0.25, 0.3) is 0 Å². The van der Waals surface area contributed by atoms with E-state index in [1.54, 1.807) is 0 Å². The van der Waals surface area contributed by atoms with E-state index in [0.717, 1.165) is 21.5 Å². The fourth-order valence-electron chi connectivity index (χ4n) is 7.74. The fourth-order valence-corrected chi connectivity index (χ4v) is 8.01. The molecule has 1 unspecified atom stereocenters. The maximum absolute atomic E-state index is 3.63. The highest BCUT2D eigenvalue weighted by atomic mass is 79.9. The third-order valence-corrected chi connectivity index (χ3v) is 10.3. The molecular formula is C45H30BrN. The van der Waals surface area contributed by atoms with Crippen LogP contribution in [-0.4, -0.2) is 0 Å². The molecule has 8 aromatic rings. The zero-order chi connectivity index (χ0) is 31.4. The summed E-state index contributed by atoms with van der Waals surface area (Å²) in [5, 5.41) is 5.25. The number of anilines is 3. The smallest absolute Gasteiger partial charge is 0.0714 e. The van der Waals surface area contributed by atoms with Crippen molar-refractivity contribution in [2.75, 3.05) is 4.90 Å². The average Bonchev–Trinajstić information content (AvgIpc) is 3.44. The molecule has 9 rings (SSSR count). The van der Waals surface area contributed by atoms with E-state index in [0.29, 0.717) is 0 Å². The van der Waals surface area contributed by atoms with Crippen molar-refractivity contribution in [1.29, 1.82) is 0 Å². The molecule has 0 N–H and O–H groups in total. The van der Waals surface area contributed by atoms with Gasteiger partial charge in [-0.25, -0.2) is 0 Å². The van der Waals surface area contributed by atoms with E-state index in [2.05, 4.69) is 203 Å². The molecule has 1 aliphatic rings. The van der Waals surface area contributed by atoms with Crippen LogP contribution in [0.2, 0.25) is 0 Å². The van der Waals surface area contributed by atoms with E-state index in [4.69, 9.17) is 0 Å². The van der Waals surface area contributed by atoms with Gasteiger partial charge in [0.05, 0.1) is 5.41 Å². The van der Waals surface area contributed by atoms with E-state index in [1.165, 1.54) is 54.9 Å². The van der Waals surface area contributed by atoms with E-state index in [-0.39, 0.29) is 0 Å². The van der Waals surface area contributed by atoms with Crippen molar-refractivity contribution in [1.82, 2.24) is 0 Å². The summed E-state index contributed by atoms with van der Waals surface area (Å²) in [5.41, 5.74) is 10.5. The summed E-state index contributed by atoms with van der Waals surface area (Å²) in [6, 6.07) is 66.5. The average molecular weight is 665 g/mol. The normalized spacial score (nSPS) is 15.0. The van der Waals surface area contributed by atoms with Gasteiger partial charge in [-0.3, -0.25) is 0 Å². The lowest BCUT2D eigenvalue weighted by molar-refractivity contribution is 0.771. The number of para-hydroxylation sites is 2. The molecule has 0 aliphatic heterocycles. The van der Waals surface area contributed by atoms with Crippen LogP contribution in [0.4, 0.5) is 17.1 Å². The van der Waals surface area contributed by atoms with Crippen molar-refractivity contribution < 1.29 is 0 Å². The summed E-state index contributed by atoms with van der Waals surface area (Å²) in [4.78, 5) is 2.33. The molecule has 0 fully saturated rings. The number of halogens is 1. The molecular weight excluding hydrogens is 634 g/mol. The molecule has 1 nitrogen and oxygen atoms in total. The second-order valence-corrected chi connectivity index (χ2v) is 13.2. The Morgan fingerprint density at radius 1 is 0.383 bits per heavy atom. The molecule has 0 radical (unpaired) electrons. The summed E-state index contributed by atoms with van der Waals surface area (Å²) in [5.74, 6) is 0. The van der Waals surface area contributed by atoms with Crippen LogP contribution in [0.3, 0.4) is 0 Å². The van der Waals surface area contributed by atoms with Gasteiger partial charge in [0.2, 0.25) is 0 Å². The van der Waals surface area contributed by atoms with E-state index in [9.17, 15) is 0 Å². The SMILES string of the molecule is Brc1ccc(-c2cc3c4c(ccc5cccc(c54)C3(c3ccccc3)c3ccc(N(c4ccccc4)c4ccccc4)cc3)c2)cc1. The molecule has 0 saturated carbocycles. The summed E-state index contributed by atoms with van der Waals surface area (Å²) in [7, 11) is 0. The molecule has 8 aromatic carbocycles. The van der Waals surface area contributed by atoms with Crippen LogP contribution in [0.1, 0.15) is 22.3 Å². The Hall–Kier alpha value is -5.44. The lowest BCUT2D eigenvalue weighted by atomic mass is 9.67. The zero-order valence-corrected chi connectivity index (χ0v) is 27.2. The number of benzene rings is 8. The van der Waals surface area contributed by atoms with Crippen LogP contribution >= 0.6 is 15.9 Å². The molecule has 0 amide bonds. The summed E-state index contributed by atoms with van der Waals surface area (Å²) in [6.45, 7) is 0.